The van der Waals surface area contributed by atoms with E-state index in [0.717, 1.165) is 5.56 Å². The first-order chi connectivity index (χ1) is 16.9. The molecule has 1 aromatic rings. The maximum atomic E-state index is 13.5. The number of rotatable bonds is 6. The van der Waals surface area contributed by atoms with Crippen LogP contribution in [0.1, 0.15) is 44.6 Å². The quantitative estimate of drug-likeness (QED) is 0.419. The van der Waals surface area contributed by atoms with Gasteiger partial charge in [-0.15, -0.1) is 0 Å². The summed E-state index contributed by atoms with van der Waals surface area (Å²) in [6.07, 6.45) is 5.22. The molecule has 10 heteroatoms. The fraction of sp³-hybridized carbons (Fsp3) is 0.520. The highest BCUT2D eigenvalue weighted by Crippen LogP contribution is 2.30. The molecule has 1 aromatic carbocycles. The Morgan fingerprint density at radius 3 is 2.57 bits per heavy atom. The maximum absolute atomic E-state index is 13.5. The first kappa shape index (κ1) is 24.7. The number of cyclic esters (lactones) is 1. The number of carbonyl (C=O) groups is 4. The number of amides is 4. The molecule has 3 aliphatic rings. The summed E-state index contributed by atoms with van der Waals surface area (Å²) in [6.45, 7) is 4.07. The van der Waals surface area contributed by atoms with Gasteiger partial charge in [-0.05, 0) is 51.7 Å². The molecular weight excluding hydrogens is 452 g/mol. The molecule has 2 fully saturated rings. The van der Waals surface area contributed by atoms with Gasteiger partial charge in [0.2, 0.25) is 18.1 Å². The monoisotopic (exact) mass is 484 g/mol. The van der Waals surface area contributed by atoms with Crippen molar-refractivity contribution in [3.8, 4) is 0 Å². The highest BCUT2D eigenvalue weighted by Gasteiger charge is 2.45. The van der Waals surface area contributed by atoms with Crippen LogP contribution in [0.3, 0.4) is 0 Å². The summed E-state index contributed by atoms with van der Waals surface area (Å²) in [4.78, 5) is 52.7. The summed E-state index contributed by atoms with van der Waals surface area (Å²) in [7, 11) is 0. The van der Waals surface area contributed by atoms with E-state index >= 15 is 0 Å². The van der Waals surface area contributed by atoms with Crippen molar-refractivity contribution in [1.82, 2.24) is 15.5 Å². The lowest BCUT2D eigenvalue weighted by molar-refractivity contribution is -0.164. The fourth-order valence-corrected chi connectivity index (χ4v) is 4.80. The number of benzene rings is 1. The van der Waals surface area contributed by atoms with Gasteiger partial charge in [0, 0.05) is 18.3 Å². The number of urea groups is 1. The number of nitrogens with one attached hydrogen (secondary N) is 3. The van der Waals surface area contributed by atoms with E-state index in [9.17, 15) is 19.2 Å². The van der Waals surface area contributed by atoms with Gasteiger partial charge < -0.3 is 30.3 Å². The van der Waals surface area contributed by atoms with E-state index < -0.39 is 36.4 Å². The number of ether oxygens (including phenoxy) is 2. The van der Waals surface area contributed by atoms with Crippen molar-refractivity contribution < 1.29 is 28.7 Å². The van der Waals surface area contributed by atoms with Crippen molar-refractivity contribution in [2.75, 3.05) is 11.9 Å². The number of nitrogens with zero attached hydrogens (tertiary/aromatic N) is 1. The van der Waals surface area contributed by atoms with Crippen LogP contribution in [-0.2, 0) is 23.9 Å². The minimum Gasteiger partial charge on any atom is -0.433 e. The second kappa shape index (κ2) is 10.9. The Labute approximate surface area is 204 Å². The van der Waals surface area contributed by atoms with Crippen LogP contribution in [0, 0.1) is 6.92 Å². The normalized spacial score (nSPS) is 29.0. The molecular formula is C25H32N4O6. The van der Waals surface area contributed by atoms with E-state index in [1.165, 1.54) is 0 Å². The molecule has 3 N–H and O–H groups in total. The summed E-state index contributed by atoms with van der Waals surface area (Å²) >= 11 is 0. The first-order valence-corrected chi connectivity index (χ1v) is 12.1. The third kappa shape index (κ3) is 5.82. The summed E-state index contributed by atoms with van der Waals surface area (Å²) < 4.78 is 10.6. The molecule has 5 atom stereocenters. The van der Waals surface area contributed by atoms with E-state index in [1.54, 1.807) is 24.0 Å². The average Bonchev–Trinajstić information content (AvgIpc) is 3.39. The van der Waals surface area contributed by atoms with Crippen LogP contribution in [0.15, 0.2) is 36.4 Å². The Kier molecular flexibility index (Phi) is 7.70. The standard InChI is InChI=1S/C25H32N4O6/c1-3-34-24-19(14-21(30)35-24)27-22(31)20-13-12-17-6-4-5-7-18(23(32)29(17)20)28-25(33)26-16-10-8-15(2)9-11-16/h4-5,8-11,17-20,24H,3,6-7,12-14H2,1-2H3,(H,27,31)(H2,26,28,33)/b5-4-/t17-,18+,19?,20+,24?/m1/s1. The van der Waals surface area contributed by atoms with Crippen LogP contribution in [-0.4, -0.2) is 65.8 Å². The van der Waals surface area contributed by atoms with E-state index in [4.69, 9.17) is 9.47 Å². The number of anilines is 1. The smallest absolute Gasteiger partial charge is 0.319 e. The largest absolute Gasteiger partial charge is 0.433 e. The van der Waals surface area contributed by atoms with Gasteiger partial charge in [-0.25, -0.2) is 4.79 Å². The van der Waals surface area contributed by atoms with Crippen LogP contribution in [0.5, 0.6) is 0 Å². The number of esters is 1. The third-order valence-electron chi connectivity index (χ3n) is 6.54. The molecule has 10 nitrogen and oxygen atoms in total. The summed E-state index contributed by atoms with van der Waals surface area (Å²) in [5, 5.41) is 8.36. The first-order valence-electron chi connectivity index (χ1n) is 12.1. The van der Waals surface area contributed by atoms with Crippen LogP contribution < -0.4 is 16.0 Å². The zero-order valence-corrected chi connectivity index (χ0v) is 20.0. The summed E-state index contributed by atoms with van der Waals surface area (Å²) in [5.41, 5.74) is 1.69. The minimum atomic E-state index is -0.834. The molecule has 3 aliphatic heterocycles. The average molecular weight is 485 g/mol. The van der Waals surface area contributed by atoms with Crippen LogP contribution in [0.25, 0.3) is 0 Å². The number of aryl methyl sites for hydroxylation is 1. The number of carbonyl (C=O) groups excluding carboxylic acids is 4. The van der Waals surface area contributed by atoms with Crippen molar-refractivity contribution in [2.45, 2.75) is 76.4 Å². The predicted molar refractivity (Wildman–Crippen MR) is 127 cm³/mol. The fourth-order valence-electron chi connectivity index (χ4n) is 4.80. The zero-order chi connectivity index (χ0) is 24.9. The number of fused-ring (bicyclic) bond motifs is 1. The molecule has 0 aliphatic carbocycles. The predicted octanol–water partition coefficient (Wildman–Crippen LogP) is 1.99. The molecule has 0 radical (unpaired) electrons. The second-order valence-electron chi connectivity index (χ2n) is 9.09. The Morgan fingerprint density at radius 1 is 1.09 bits per heavy atom. The molecule has 0 spiro atoms. The molecule has 0 bridgehead atoms. The lowest BCUT2D eigenvalue weighted by Crippen LogP contribution is -2.57. The van der Waals surface area contributed by atoms with Gasteiger partial charge in [-0.2, -0.15) is 0 Å². The lowest BCUT2D eigenvalue weighted by Gasteiger charge is -2.34. The molecule has 188 valence electrons. The van der Waals surface area contributed by atoms with Crippen molar-refractivity contribution in [2.24, 2.45) is 0 Å². The molecule has 3 heterocycles. The Morgan fingerprint density at radius 2 is 1.83 bits per heavy atom. The summed E-state index contributed by atoms with van der Waals surface area (Å²) in [6, 6.07) is 4.63. The van der Waals surface area contributed by atoms with Crippen LogP contribution in [0.4, 0.5) is 10.5 Å². The molecule has 35 heavy (non-hydrogen) atoms. The van der Waals surface area contributed by atoms with E-state index in [0.29, 0.717) is 38.0 Å². The topological polar surface area (TPSA) is 126 Å². The van der Waals surface area contributed by atoms with Gasteiger partial charge in [-0.3, -0.25) is 14.4 Å². The SMILES string of the molecule is CCOC1OC(=O)CC1NC(=O)[C@@H]1CC[C@H]2C/C=C\C[C@H](NC(=O)Nc3ccc(C)cc3)C(=O)N21. The third-order valence-corrected chi connectivity index (χ3v) is 6.54. The van der Waals surface area contributed by atoms with Gasteiger partial charge >= 0.3 is 12.0 Å². The van der Waals surface area contributed by atoms with Crippen molar-refractivity contribution in [3.05, 3.63) is 42.0 Å². The van der Waals surface area contributed by atoms with Gasteiger partial charge in [0.25, 0.3) is 0 Å². The molecule has 0 aromatic heterocycles. The molecule has 2 unspecified atom stereocenters. The Balaban J connectivity index is 1.43. The van der Waals surface area contributed by atoms with Gasteiger partial charge in [0.1, 0.15) is 18.1 Å². The van der Waals surface area contributed by atoms with Crippen molar-refractivity contribution in [1.29, 1.82) is 0 Å². The van der Waals surface area contributed by atoms with Crippen LogP contribution >= 0.6 is 0 Å². The van der Waals surface area contributed by atoms with Crippen molar-refractivity contribution >= 4 is 29.5 Å². The van der Waals surface area contributed by atoms with Crippen molar-refractivity contribution in [3.63, 3.8) is 0 Å². The highest BCUT2D eigenvalue weighted by molar-refractivity contribution is 5.96. The molecule has 4 amide bonds. The van der Waals surface area contributed by atoms with E-state index in [1.807, 2.05) is 31.2 Å². The second-order valence-corrected chi connectivity index (χ2v) is 9.09. The highest BCUT2D eigenvalue weighted by atomic mass is 16.7. The van der Waals surface area contributed by atoms with Crippen LogP contribution in [0.2, 0.25) is 0 Å². The Hall–Kier alpha value is -3.40. The molecule has 0 saturated carbocycles. The zero-order valence-electron chi connectivity index (χ0n) is 20.0. The number of hydrogen-bond acceptors (Lipinski definition) is 6. The maximum Gasteiger partial charge on any atom is 0.319 e. The lowest BCUT2D eigenvalue weighted by atomic mass is 10.0. The summed E-state index contributed by atoms with van der Waals surface area (Å²) in [5.74, 6) is -1.08. The number of hydrogen-bond donors (Lipinski definition) is 3. The van der Waals surface area contributed by atoms with Gasteiger partial charge in [-0.1, -0.05) is 29.8 Å². The Bertz CT molecular complexity index is 994. The molecule has 2 saturated heterocycles. The van der Waals surface area contributed by atoms with E-state index in [-0.39, 0.29) is 24.3 Å². The van der Waals surface area contributed by atoms with Gasteiger partial charge in [0.15, 0.2) is 0 Å². The van der Waals surface area contributed by atoms with E-state index in [2.05, 4.69) is 16.0 Å². The molecule has 4 rings (SSSR count). The minimum absolute atomic E-state index is 0.0204. The van der Waals surface area contributed by atoms with Gasteiger partial charge in [0.05, 0.1) is 6.42 Å².